The van der Waals surface area contributed by atoms with Crippen molar-refractivity contribution in [1.82, 2.24) is 5.32 Å². The molecule has 27 heavy (non-hydrogen) atoms. The molecule has 1 atom stereocenters. The molecule has 0 saturated carbocycles. The van der Waals surface area contributed by atoms with E-state index in [1.54, 1.807) is 24.3 Å². The van der Waals surface area contributed by atoms with Crippen molar-refractivity contribution in [3.05, 3.63) is 63.6 Å². The van der Waals surface area contributed by atoms with E-state index < -0.39 is 23.9 Å². The van der Waals surface area contributed by atoms with Crippen molar-refractivity contribution in [3.63, 3.8) is 0 Å². The summed E-state index contributed by atoms with van der Waals surface area (Å²) in [7, 11) is 0. The molecule has 0 aliphatic heterocycles. The van der Waals surface area contributed by atoms with Gasteiger partial charge < -0.3 is 15.4 Å². The number of esters is 1. The van der Waals surface area contributed by atoms with Gasteiger partial charge in [-0.05, 0) is 56.2 Å². The number of rotatable bonds is 6. The highest BCUT2D eigenvalue weighted by atomic mass is 79.9. The number of anilines is 1. The van der Waals surface area contributed by atoms with Gasteiger partial charge in [-0.1, -0.05) is 34.1 Å². The van der Waals surface area contributed by atoms with Gasteiger partial charge in [-0.3, -0.25) is 14.4 Å². The lowest BCUT2D eigenvalue weighted by Crippen LogP contribution is -2.36. The number of carbonyl (C=O) groups excluding carboxylic acids is 3. The highest BCUT2D eigenvalue weighted by molar-refractivity contribution is 9.10. The van der Waals surface area contributed by atoms with Crippen LogP contribution in [0, 0.1) is 13.8 Å². The molecule has 1 unspecified atom stereocenters. The van der Waals surface area contributed by atoms with Gasteiger partial charge in [0.25, 0.3) is 11.8 Å². The Morgan fingerprint density at radius 2 is 1.63 bits per heavy atom. The number of ether oxygens (including phenoxy) is 1. The van der Waals surface area contributed by atoms with E-state index in [0.717, 1.165) is 15.6 Å². The number of aryl methyl sites for hydroxylation is 2. The van der Waals surface area contributed by atoms with Gasteiger partial charge in [-0.15, -0.1) is 0 Å². The fraction of sp³-hybridized carbons (Fsp3) is 0.250. The Morgan fingerprint density at radius 3 is 2.22 bits per heavy atom. The average molecular weight is 433 g/mol. The molecular formula is C20H21BrN2O4. The van der Waals surface area contributed by atoms with Crippen LogP contribution < -0.4 is 10.6 Å². The molecule has 2 rings (SSSR count). The highest BCUT2D eigenvalue weighted by Crippen LogP contribution is 2.19. The lowest BCUT2D eigenvalue weighted by molar-refractivity contribution is -0.152. The molecular weight excluding hydrogens is 412 g/mol. The minimum atomic E-state index is -0.985. The van der Waals surface area contributed by atoms with Crippen molar-refractivity contribution >= 4 is 39.4 Å². The number of hydrogen-bond donors (Lipinski definition) is 2. The van der Waals surface area contributed by atoms with Crippen LogP contribution in [0.2, 0.25) is 0 Å². The lowest BCUT2D eigenvalue weighted by atomic mass is 10.1. The molecule has 6 nitrogen and oxygen atoms in total. The second-order valence-electron chi connectivity index (χ2n) is 6.08. The Morgan fingerprint density at radius 1 is 1.04 bits per heavy atom. The third kappa shape index (κ3) is 5.92. The Hall–Kier alpha value is -2.67. The van der Waals surface area contributed by atoms with Crippen LogP contribution >= 0.6 is 15.9 Å². The molecule has 0 heterocycles. The molecule has 7 heteroatoms. The van der Waals surface area contributed by atoms with Crippen LogP contribution in [0.3, 0.4) is 0 Å². The molecule has 0 fully saturated rings. The van der Waals surface area contributed by atoms with Gasteiger partial charge in [0.15, 0.2) is 6.10 Å². The summed E-state index contributed by atoms with van der Waals surface area (Å²) in [6.07, 6.45) is -0.985. The number of hydrogen-bond acceptors (Lipinski definition) is 4. The minimum Gasteiger partial charge on any atom is -0.451 e. The van der Waals surface area contributed by atoms with Crippen molar-refractivity contribution in [1.29, 1.82) is 0 Å². The largest absolute Gasteiger partial charge is 0.451 e. The summed E-state index contributed by atoms with van der Waals surface area (Å²) in [6, 6.07) is 12.4. The summed E-state index contributed by atoms with van der Waals surface area (Å²) in [5.41, 5.74) is 2.97. The van der Waals surface area contributed by atoms with Crippen LogP contribution in [0.4, 0.5) is 5.69 Å². The van der Waals surface area contributed by atoms with Crippen molar-refractivity contribution in [2.75, 3.05) is 11.9 Å². The predicted octanol–water partition coefficient (Wildman–Crippen LogP) is 3.37. The molecule has 2 amide bonds. The Balaban J connectivity index is 1.85. The Kier molecular flexibility index (Phi) is 7.12. The zero-order valence-electron chi connectivity index (χ0n) is 15.3. The zero-order valence-corrected chi connectivity index (χ0v) is 16.9. The van der Waals surface area contributed by atoms with Crippen LogP contribution in [0.1, 0.15) is 28.4 Å². The first-order valence-electron chi connectivity index (χ1n) is 8.38. The van der Waals surface area contributed by atoms with Crippen molar-refractivity contribution in [3.8, 4) is 0 Å². The molecule has 142 valence electrons. The summed E-state index contributed by atoms with van der Waals surface area (Å²) in [5, 5.41) is 5.24. The first-order valence-corrected chi connectivity index (χ1v) is 9.17. The van der Waals surface area contributed by atoms with Gasteiger partial charge >= 0.3 is 5.97 Å². The fourth-order valence-corrected chi connectivity index (χ4v) is 2.65. The molecule has 0 aliphatic carbocycles. The summed E-state index contributed by atoms with van der Waals surface area (Å²) in [5.74, 6) is -1.52. The van der Waals surface area contributed by atoms with E-state index in [1.807, 2.05) is 32.0 Å². The molecule has 0 aliphatic rings. The molecule has 0 aromatic heterocycles. The maximum absolute atomic E-state index is 12.3. The summed E-state index contributed by atoms with van der Waals surface area (Å²) >= 11 is 3.29. The lowest BCUT2D eigenvalue weighted by Gasteiger charge is -2.16. The van der Waals surface area contributed by atoms with Crippen LogP contribution in [0.15, 0.2) is 46.9 Å². The minimum absolute atomic E-state index is 0.324. The van der Waals surface area contributed by atoms with Crippen LogP contribution in [-0.2, 0) is 14.3 Å². The van der Waals surface area contributed by atoms with Crippen molar-refractivity contribution in [2.45, 2.75) is 26.9 Å². The first-order chi connectivity index (χ1) is 12.8. The molecule has 0 bridgehead atoms. The van der Waals surface area contributed by atoms with Gasteiger partial charge in [0.05, 0.1) is 0 Å². The smallest absolute Gasteiger partial charge is 0.326 e. The fourth-order valence-electron chi connectivity index (χ4n) is 2.38. The van der Waals surface area contributed by atoms with Crippen molar-refractivity contribution in [2.24, 2.45) is 0 Å². The first kappa shape index (κ1) is 20.6. The van der Waals surface area contributed by atoms with Gasteiger partial charge in [0.1, 0.15) is 6.54 Å². The summed E-state index contributed by atoms with van der Waals surface area (Å²) in [6.45, 7) is 4.93. The van der Waals surface area contributed by atoms with Crippen LogP contribution in [0.25, 0.3) is 0 Å². The number of halogens is 1. The molecule has 0 saturated heterocycles. The third-order valence-corrected chi connectivity index (χ3v) is 4.44. The number of nitrogens with one attached hydrogen (secondary N) is 2. The third-order valence-electron chi connectivity index (χ3n) is 3.91. The summed E-state index contributed by atoms with van der Waals surface area (Å²) < 4.78 is 5.95. The van der Waals surface area contributed by atoms with Gasteiger partial charge in [0.2, 0.25) is 0 Å². The molecule has 2 aromatic rings. The zero-order chi connectivity index (χ0) is 20.0. The quantitative estimate of drug-likeness (QED) is 0.685. The predicted molar refractivity (Wildman–Crippen MR) is 107 cm³/mol. The molecule has 2 aromatic carbocycles. The normalized spacial score (nSPS) is 11.4. The van der Waals surface area contributed by atoms with E-state index >= 15 is 0 Å². The van der Waals surface area contributed by atoms with Crippen LogP contribution in [0.5, 0.6) is 0 Å². The van der Waals surface area contributed by atoms with Gasteiger partial charge in [-0.2, -0.15) is 0 Å². The second-order valence-corrected chi connectivity index (χ2v) is 6.99. The van der Waals surface area contributed by atoms with E-state index in [9.17, 15) is 14.4 Å². The van der Waals surface area contributed by atoms with Crippen LogP contribution in [-0.4, -0.2) is 30.4 Å². The Labute approximate surface area is 166 Å². The number of para-hydroxylation sites is 1. The number of amides is 2. The van der Waals surface area contributed by atoms with E-state index in [-0.39, 0.29) is 6.54 Å². The summed E-state index contributed by atoms with van der Waals surface area (Å²) in [4.78, 5) is 36.2. The van der Waals surface area contributed by atoms with Crippen molar-refractivity contribution < 1.29 is 19.1 Å². The number of carbonyl (C=O) groups is 3. The highest BCUT2D eigenvalue weighted by Gasteiger charge is 2.19. The SMILES string of the molecule is Cc1cccc(C)c1NC(=O)C(C)OC(=O)CNC(=O)c1ccc(Br)cc1. The van der Waals surface area contributed by atoms with E-state index in [4.69, 9.17) is 4.74 Å². The maximum atomic E-state index is 12.3. The number of benzene rings is 2. The average Bonchev–Trinajstić information content (AvgIpc) is 2.63. The van der Waals surface area contributed by atoms with Gasteiger partial charge in [0, 0.05) is 15.7 Å². The molecule has 0 spiro atoms. The Bertz CT molecular complexity index is 829. The second kappa shape index (κ2) is 9.32. The topological polar surface area (TPSA) is 84.5 Å². The molecule has 0 radical (unpaired) electrons. The monoisotopic (exact) mass is 432 g/mol. The maximum Gasteiger partial charge on any atom is 0.326 e. The van der Waals surface area contributed by atoms with E-state index in [2.05, 4.69) is 26.6 Å². The van der Waals surface area contributed by atoms with Gasteiger partial charge in [-0.25, -0.2) is 0 Å². The van der Waals surface area contributed by atoms with E-state index in [0.29, 0.717) is 11.3 Å². The van der Waals surface area contributed by atoms with E-state index in [1.165, 1.54) is 6.92 Å². The standard InChI is InChI=1S/C20H21BrN2O4/c1-12-5-4-6-13(2)18(12)23-19(25)14(3)27-17(24)11-22-20(26)15-7-9-16(21)10-8-15/h4-10,14H,11H2,1-3H3,(H,22,26)(H,23,25). The molecule has 2 N–H and O–H groups in total.